The summed E-state index contributed by atoms with van der Waals surface area (Å²) < 4.78 is 5.36. The van der Waals surface area contributed by atoms with Crippen LogP contribution in [0.2, 0.25) is 0 Å². The number of hydrogen-bond donors (Lipinski definition) is 0. The number of hydrogen-bond acceptors (Lipinski definition) is 4. The zero-order valence-electron chi connectivity index (χ0n) is 11.3. The molecular formula is C16H14N2O2S. The molecule has 3 aromatic heterocycles. The van der Waals surface area contributed by atoms with Gasteiger partial charge in [-0.3, -0.25) is 9.78 Å². The lowest BCUT2D eigenvalue weighted by molar-refractivity contribution is 0.0722. The van der Waals surface area contributed by atoms with E-state index < -0.39 is 0 Å². The Balaban J connectivity index is 1.82. The highest BCUT2D eigenvalue weighted by atomic mass is 32.1. The molecule has 0 unspecified atom stereocenters. The van der Waals surface area contributed by atoms with E-state index in [9.17, 15) is 4.79 Å². The van der Waals surface area contributed by atoms with E-state index in [-0.39, 0.29) is 5.91 Å². The highest BCUT2D eigenvalue weighted by molar-refractivity contribution is 7.12. The lowest BCUT2D eigenvalue weighted by Crippen LogP contribution is -2.29. The molecule has 0 saturated carbocycles. The molecule has 0 radical (unpaired) electrons. The highest BCUT2D eigenvalue weighted by Gasteiger charge is 2.18. The van der Waals surface area contributed by atoms with E-state index in [2.05, 4.69) is 4.98 Å². The predicted molar refractivity (Wildman–Crippen MR) is 80.8 cm³/mol. The zero-order chi connectivity index (χ0) is 14.5. The summed E-state index contributed by atoms with van der Waals surface area (Å²) in [5.41, 5.74) is 0.994. The molecule has 0 atom stereocenters. The minimum atomic E-state index is 0.00486. The van der Waals surface area contributed by atoms with Crippen LogP contribution in [-0.2, 0) is 13.1 Å². The molecule has 0 aromatic carbocycles. The maximum atomic E-state index is 12.6. The number of carbonyl (C=O) groups excluding carboxylic acids is 1. The normalized spacial score (nSPS) is 10.5. The number of pyridine rings is 1. The largest absolute Gasteiger partial charge is 0.467 e. The molecule has 3 heterocycles. The summed E-state index contributed by atoms with van der Waals surface area (Å²) in [6.45, 7) is 0.948. The van der Waals surface area contributed by atoms with Crippen molar-refractivity contribution in [3.05, 3.63) is 76.6 Å². The van der Waals surface area contributed by atoms with Crippen LogP contribution < -0.4 is 0 Å². The molecule has 0 aliphatic carbocycles. The Morgan fingerprint density at radius 1 is 1.19 bits per heavy atom. The van der Waals surface area contributed by atoms with Gasteiger partial charge in [0.15, 0.2) is 0 Å². The Hall–Kier alpha value is -2.40. The molecule has 1 amide bonds. The first-order chi connectivity index (χ1) is 10.3. The number of rotatable bonds is 5. The molecule has 3 rings (SSSR count). The Bertz CT molecular complexity index is 678. The smallest absolute Gasteiger partial charge is 0.264 e. The Kier molecular flexibility index (Phi) is 4.12. The molecule has 0 spiro atoms. The maximum absolute atomic E-state index is 12.6. The van der Waals surface area contributed by atoms with E-state index >= 15 is 0 Å². The van der Waals surface area contributed by atoms with Crippen LogP contribution in [0.15, 0.2) is 64.9 Å². The second kappa shape index (κ2) is 6.37. The lowest BCUT2D eigenvalue weighted by atomic mass is 10.2. The fraction of sp³-hybridized carbons (Fsp3) is 0.125. The Morgan fingerprint density at radius 3 is 2.81 bits per heavy atom. The molecule has 3 aromatic rings. The number of nitrogens with zero attached hydrogens (tertiary/aromatic N) is 2. The first kappa shape index (κ1) is 13.6. The van der Waals surface area contributed by atoms with Crippen molar-refractivity contribution in [2.75, 3.05) is 0 Å². The van der Waals surface area contributed by atoms with Crippen molar-refractivity contribution in [2.45, 2.75) is 13.1 Å². The molecule has 4 nitrogen and oxygen atoms in total. The summed E-state index contributed by atoms with van der Waals surface area (Å²) in [6.07, 6.45) is 5.12. The average Bonchev–Trinajstić information content (AvgIpc) is 3.20. The van der Waals surface area contributed by atoms with Crippen molar-refractivity contribution < 1.29 is 9.21 Å². The van der Waals surface area contributed by atoms with E-state index in [1.54, 1.807) is 23.6 Å². The van der Waals surface area contributed by atoms with Gasteiger partial charge in [-0.2, -0.15) is 0 Å². The fourth-order valence-electron chi connectivity index (χ4n) is 2.06. The van der Waals surface area contributed by atoms with Crippen LogP contribution in [0, 0.1) is 0 Å². The van der Waals surface area contributed by atoms with Gasteiger partial charge in [-0.15, -0.1) is 11.3 Å². The summed E-state index contributed by atoms with van der Waals surface area (Å²) in [5, 5.41) is 1.91. The number of furan rings is 1. The maximum Gasteiger partial charge on any atom is 0.264 e. The third-order valence-corrected chi connectivity index (χ3v) is 3.90. The predicted octanol–water partition coefficient (Wildman–Crippen LogP) is 3.58. The average molecular weight is 298 g/mol. The second-order valence-electron chi connectivity index (χ2n) is 4.58. The van der Waals surface area contributed by atoms with E-state index in [0.717, 1.165) is 16.2 Å². The van der Waals surface area contributed by atoms with Crippen LogP contribution >= 0.6 is 11.3 Å². The molecule has 0 N–H and O–H groups in total. The molecule has 0 aliphatic rings. The quantitative estimate of drug-likeness (QED) is 0.723. The van der Waals surface area contributed by atoms with Crippen molar-refractivity contribution in [3.63, 3.8) is 0 Å². The van der Waals surface area contributed by atoms with Crippen molar-refractivity contribution in [1.82, 2.24) is 9.88 Å². The zero-order valence-corrected chi connectivity index (χ0v) is 12.1. The van der Waals surface area contributed by atoms with E-state index in [4.69, 9.17) is 4.42 Å². The molecule has 5 heteroatoms. The van der Waals surface area contributed by atoms with Crippen LogP contribution in [0.4, 0.5) is 0 Å². The van der Waals surface area contributed by atoms with E-state index in [0.29, 0.717) is 13.1 Å². The van der Waals surface area contributed by atoms with Crippen LogP contribution in [0.5, 0.6) is 0 Å². The number of thiophene rings is 1. The van der Waals surface area contributed by atoms with Crippen molar-refractivity contribution in [3.8, 4) is 0 Å². The Morgan fingerprint density at radius 2 is 2.14 bits per heavy atom. The second-order valence-corrected chi connectivity index (χ2v) is 5.53. The van der Waals surface area contributed by atoms with Crippen LogP contribution in [0.25, 0.3) is 0 Å². The van der Waals surface area contributed by atoms with Crippen molar-refractivity contribution in [1.29, 1.82) is 0 Å². The summed E-state index contributed by atoms with van der Waals surface area (Å²) in [4.78, 5) is 19.2. The molecule has 0 bridgehead atoms. The van der Waals surface area contributed by atoms with Gasteiger partial charge in [0.1, 0.15) is 5.76 Å². The number of aromatic nitrogens is 1. The van der Waals surface area contributed by atoms with Gasteiger partial charge in [-0.25, -0.2) is 0 Å². The van der Waals surface area contributed by atoms with Gasteiger partial charge < -0.3 is 9.32 Å². The van der Waals surface area contributed by atoms with Crippen LogP contribution in [0.1, 0.15) is 21.0 Å². The topological polar surface area (TPSA) is 46.3 Å². The summed E-state index contributed by atoms with van der Waals surface area (Å²) in [7, 11) is 0. The molecule has 0 fully saturated rings. The van der Waals surface area contributed by atoms with E-state index in [1.165, 1.54) is 11.3 Å². The standard InChI is InChI=1S/C16H14N2O2S/c19-16(15-6-3-9-21-15)18(12-14-5-2-8-20-14)11-13-4-1-7-17-10-13/h1-10H,11-12H2. The highest BCUT2D eigenvalue weighted by Crippen LogP contribution is 2.17. The number of carbonyl (C=O) groups is 1. The number of amides is 1. The van der Waals surface area contributed by atoms with E-state index in [1.807, 2.05) is 41.8 Å². The van der Waals surface area contributed by atoms with Crippen LogP contribution in [0.3, 0.4) is 0 Å². The van der Waals surface area contributed by atoms with Gasteiger partial charge in [0.2, 0.25) is 0 Å². The Labute approximate surface area is 126 Å². The van der Waals surface area contributed by atoms with Gasteiger partial charge in [0, 0.05) is 18.9 Å². The minimum Gasteiger partial charge on any atom is -0.467 e. The SMILES string of the molecule is O=C(c1cccs1)N(Cc1cccnc1)Cc1ccco1. The third-order valence-electron chi connectivity index (χ3n) is 3.04. The lowest BCUT2D eigenvalue weighted by Gasteiger charge is -2.21. The van der Waals surface area contributed by atoms with Gasteiger partial charge in [-0.1, -0.05) is 12.1 Å². The first-order valence-corrected chi connectivity index (χ1v) is 7.45. The molecule has 0 saturated heterocycles. The molecule has 21 heavy (non-hydrogen) atoms. The monoisotopic (exact) mass is 298 g/mol. The van der Waals surface area contributed by atoms with Crippen LogP contribution in [-0.4, -0.2) is 15.8 Å². The fourth-order valence-corrected chi connectivity index (χ4v) is 2.75. The van der Waals surface area contributed by atoms with Gasteiger partial charge in [0.05, 0.1) is 17.7 Å². The third kappa shape index (κ3) is 3.38. The first-order valence-electron chi connectivity index (χ1n) is 6.57. The summed E-state index contributed by atoms with van der Waals surface area (Å²) in [6, 6.07) is 11.3. The van der Waals surface area contributed by atoms with Crippen molar-refractivity contribution in [2.24, 2.45) is 0 Å². The van der Waals surface area contributed by atoms with Crippen molar-refractivity contribution >= 4 is 17.2 Å². The minimum absolute atomic E-state index is 0.00486. The summed E-state index contributed by atoms with van der Waals surface area (Å²) in [5.74, 6) is 0.772. The summed E-state index contributed by atoms with van der Waals surface area (Å²) >= 11 is 1.45. The molecule has 106 valence electrons. The van der Waals surface area contributed by atoms with Gasteiger partial charge in [0.25, 0.3) is 5.91 Å². The molecular weight excluding hydrogens is 284 g/mol. The van der Waals surface area contributed by atoms with Gasteiger partial charge in [-0.05, 0) is 35.2 Å². The molecule has 0 aliphatic heterocycles. The van der Waals surface area contributed by atoms with Gasteiger partial charge >= 0.3 is 0 Å².